The number of nitro benzene ring substituents is 1. The molecule has 7 heteroatoms. The Morgan fingerprint density at radius 1 is 1.43 bits per heavy atom. The molecule has 0 saturated carbocycles. The minimum atomic E-state index is -0.523. The molecule has 116 valence electrons. The number of rotatable bonds is 8. The lowest BCUT2D eigenvalue weighted by Gasteiger charge is -2.10. The van der Waals surface area contributed by atoms with E-state index in [0.29, 0.717) is 19.0 Å². The van der Waals surface area contributed by atoms with E-state index < -0.39 is 4.92 Å². The quantitative estimate of drug-likeness (QED) is 0.559. The van der Waals surface area contributed by atoms with Crippen molar-refractivity contribution in [3.8, 4) is 5.75 Å². The molecule has 0 unspecified atom stereocenters. The molecule has 21 heavy (non-hydrogen) atoms. The first-order valence-corrected chi connectivity index (χ1v) is 6.75. The molecule has 0 aliphatic rings. The number of amides is 1. The molecule has 2 N–H and O–H groups in total. The topological polar surface area (TPSA) is 93.5 Å². The molecule has 0 aromatic heterocycles. The fraction of sp³-hybridized carbons (Fsp3) is 0.500. The number of nitrogens with zero attached hydrogens (tertiary/aromatic N) is 1. The molecule has 0 fully saturated rings. The summed E-state index contributed by atoms with van der Waals surface area (Å²) in [6, 6.07) is 4.61. The highest BCUT2D eigenvalue weighted by Gasteiger charge is 2.16. The van der Waals surface area contributed by atoms with Crippen LogP contribution in [0.15, 0.2) is 18.2 Å². The SMILES string of the molecule is CNCc1ccc([N+](=O)[O-])c(OCC(=O)NCC(C)C)c1. The monoisotopic (exact) mass is 295 g/mol. The Morgan fingerprint density at radius 2 is 2.14 bits per heavy atom. The van der Waals surface area contributed by atoms with Crippen molar-refractivity contribution < 1.29 is 14.5 Å². The highest BCUT2D eigenvalue weighted by Crippen LogP contribution is 2.27. The van der Waals surface area contributed by atoms with E-state index >= 15 is 0 Å². The van der Waals surface area contributed by atoms with Crippen LogP contribution in [0.1, 0.15) is 19.4 Å². The van der Waals surface area contributed by atoms with E-state index in [2.05, 4.69) is 10.6 Å². The minimum Gasteiger partial charge on any atom is -0.477 e. The molecule has 0 heterocycles. The highest BCUT2D eigenvalue weighted by molar-refractivity contribution is 5.77. The summed E-state index contributed by atoms with van der Waals surface area (Å²) in [6.07, 6.45) is 0. The average molecular weight is 295 g/mol. The van der Waals surface area contributed by atoms with Crippen molar-refractivity contribution >= 4 is 11.6 Å². The van der Waals surface area contributed by atoms with Gasteiger partial charge < -0.3 is 15.4 Å². The lowest BCUT2D eigenvalue weighted by Crippen LogP contribution is -2.31. The third kappa shape index (κ3) is 5.78. The molecule has 7 nitrogen and oxygen atoms in total. The summed E-state index contributed by atoms with van der Waals surface area (Å²) in [4.78, 5) is 22.0. The standard InChI is InChI=1S/C14H21N3O4/c1-10(2)7-16-14(18)9-21-13-6-11(8-15-3)4-5-12(13)17(19)20/h4-6,10,15H,7-9H2,1-3H3,(H,16,18). The van der Waals surface area contributed by atoms with Crippen molar-refractivity contribution in [3.63, 3.8) is 0 Å². The Hall–Kier alpha value is -2.15. The van der Waals surface area contributed by atoms with Crippen molar-refractivity contribution in [3.05, 3.63) is 33.9 Å². The molecular formula is C14H21N3O4. The Labute approximate surface area is 123 Å². The molecule has 0 aliphatic carbocycles. The summed E-state index contributed by atoms with van der Waals surface area (Å²) in [6.45, 7) is 4.83. The zero-order valence-corrected chi connectivity index (χ0v) is 12.5. The zero-order valence-electron chi connectivity index (χ0n) is 12.5. The summed E-state index contributed by atoms with van der Waals surface area (Å²) < 4.78 is 5.30. The van der Waals surface area contributed by atoms with Gasteiger partial charge in [-0.25, -0.2) is 0 Å². The fourth-order valence-corrected chi connectivity index (χ4v) is 1.65. The van der Waals surface area contributed by atoms with E-state index in [4.69, 9.17) is 4.74 Å². The number of carbonyl (C=O) groups excluding carboxylic acids is 1. The van der Waals surface area contributed by atoms with E-state index in [9.17, 15) is 14.9 Å². The predicted molar refractivity (Wildman–Crippen MR) is 79.2 cm³/mol. The Bertz CT molecular complexity index is 503. The van der Waals surface area contributed by atoms with E-state index in [1.165, 1.54) is 6.07 Å². The maximum atomic E-state index is 11.6. The van der Waals surface area contributed by atoms with Crippen molar-refractivity contribution in [2.45, 2.75) is 20.4 Å². The lowest BCUT2D eigenvalue weighted by atomic mass is 10.2. The molecular weight excluding hydrogens is 274 g/mol. The van der Waals surface area contributed by atoms with Crippen molar-refractivity contribution in [2.24, 2.45) is 5.92 Å². The number of nitrogens with one attached hydrogen (secondary N) is 2. The van der Waals surface area contributed by atoms with Crippen LogP contribution < -0.4 is 15.4 Å². The van der Waals surface area contributed by atoms with Crippen LogP contribution in [0.4, 0.5) is 5.69 Å². The van der Waals surface area contributed by atoms with Crippen LogP contribution in [0.3, 0.4) is 0 Å². The van der Waals surface area contributed by atoms with Gasteiger partial charge in [-0.15, -0.1) is 0 Å². The van der Waals surface area contributed by atoms with Gasteiger partial charge in [0.25, 0.3) is 5.91 Å². The second-order valence-electron chi connectivity index (χ2n) is 5.08. The van der Waals surface area contributed by atoms with Gasteiger partial charge in [-0.05, 0) is 24.6 Å². The summed E-state index contributed by atoms with van der Waals surface area (Å²) in [7, 11) is 1.78. The molecule has 0 atom stereocenters. The van der Waals surface area contributed by atoms with E-state index in [-0.39, 0.29) is 24.0 Å². The van der Waals surface area contributed by atoms with Crippen LogP contribution in [-0.4, -0.2) is 31.0 Å². The number of nitro groups is 1. The van der Waals surface area contributed by atoms with Crippen LogP contribution >= 0.6 is 0 Å². The van der Waals surface area contributed by atoms with Gasteiger partial charge in [0.15, 0.2) is 12.4 Å². The smallest absolute Gasteiger partial charge is 0.310 e. The number of ether oxygens (including phenoxy) is 1. The van der Waals surface area contributed by atoms with Gasteiger partial charge in [0, 0.05) is 19.2 Å². The van der Waals surface area contributed by atoms with Crippen molar-refractivity contribution in [2.75, 3.05) is 20.2 Å². The van der Waals surface area contributed by atoms with E-state index in [0.717, 1.165) is 5.56 Å². The Kier molecular flexibility index (Phi) is 6.61. The van der Waals surface area contributed by atoms with Crippen LogP contribution in [-0.2, 0) is 11.3 Å². The molecule has 1 rings (SSSR count). The van der Waals surface area contributed by atoms with Crippen LogP contribution in [0, 0.1) is 16.0 Å². The fourth-order valence-electron chi connectivity index (χ4n) is 1.65. The molecule has 1 aromatic rings. The summed E-state index contributed by atoms with van der Waals surface area (Å²) in [5.74, 6) is 0.145. The third-order valence-corrected chi connectivity index (χ3v) is 2.67. The normalized spacial score (nSPS) is 10.5. The lowest BCUT2D eigenvalue weighted by molar-refractivity contribution is -0.385. The molecule has 0 saturated heterocycles. The van der Waals surface area contributed by atoms with Crippen LogP contribution in [0.2, 0.25) is 0 Å². The number of hydrogen-bond donors (Lipinski definition) is 2. The van der Waals surface area contributed by atoms with Crippen LogP contribution in [0.5, 0.6) is 5.75 Å². The first-order chi connectivity index (χ1) is 9.93. The largest absolute Gasteiger partial charge is 0.477 e. The summed E-state index contributed by atoms with van der Waals surface area (Å²) >= 11 is 0. The highest BCUT2D eigenvalue weighted by atomic mass is 16.6. The van der Waals surface area contributed by atoms with Crippen molar-refractivity contribution in [1.82, 2.24) is 10.6 Å². The molecule has 1 aromatic carbocycles. The van der Waals surface area contributed by atoms with Crippen molar-refractivity contribution in [1.29, 1.82) is 0 Å². The van der Waals surface area contributed by atoms with Gasteiger partial charge in [-0.2, -0.15) is 0 Å². The molecule has 1 amide bonds. The van der Waals surface area contributed by atoms with Gasteiger partial charge in [0.1, 0.15) is 0 Å². The van der Waals surface area contributed by atoms with Gasteiger partial charge in [-0.1, -0.05) is 19.9 Å². The van der Waals surface area contributed by atoms with Gasteiger partial charge in [0.2, 0.25) is 0 Å². The number of carbonyl (C=O) groups is 1. The minimum absolute atomic E-state index is 0.104. The zero-order chi connectivity index (χ0) is 15.8. The second kappa shape index (κ2) is 8.21. The first-order valence-electron chi connectivity index (χ1n) is 6.75. The van der Waals surface area contributed by atoms with Gasteiger partial charge in [0.05, 0.1) is 4.92 Å². The predicted octanol–water partition coefficient (Wildman–Crippen LogP) is 1.47. The maximum Gasteiger partial charge on any atom is 0.310 e. The van der Waals surface area contributed by atoms with Crippen LogP contribution in [0.25, 0.3) is 0 Å². The molecule has 0 radical (unpaired) electrons. The summed E-state index contributed by atoms with van der Waals surface area (Å²) in [5.41, 5.74) is 0.701. The molecule has 0 spiro atoms. The third-order valence-electron chi connectivity index (χ3n) is 2.67. The van der Waals surface area contributed by atoms with E-state index in [1.54, 1.807) is 19.2 Å². The second-order valence-corrected chi connectivity index (χ2v) is 5.08. The average Bonchev–Trinajstić information content (AvgIpc) is 2.43. The molecule has 0 bridgehead atoms. The number of benzene rings is 1. The van der Waals surface area contributed by atoms with Gasteiger partial charge in [-0.3, -0.25) is 14.9 Å². The Morgan fingerprint density at radius 3 is 2.71 bits per heavy atom. The summed E-state index contributed by atoms with van der Waals surface area (Å²) in [5, 5.41) is 16.6. The first kappa shape index (κ1) is 16.9. The molecule has 0 aliphatic heterocycles. The Balaban J connectivity index is 2.73. The van der Waals surface area contributed by atoms with Gasteiger partial charge >= 0.3 is 5.69 Å². The number of hydrogen-bond acceptors (Lipinski definition) is 5. The van der Waals surface area contributed by atoms with E-state index in [1.807, 2.05) is 13.8 Å². The maximum absolute atomic E-state index is 11.6.